The second-order valence-electron chi connectivity index (χ2n) is 2.83. The standard InChI is InChI=1S/C9H7FN2O/c1-12-4-6(5-13)9-8(12)2-7(10)3-11-9/h2-5H,1H3. The van der Waals surface area contributed by atoms with Crippen LogP contribution in [0.2, 0.25) is 0 Å². The first-order chi connectivity index (χ1) is 6.22. The molecule has 0 saturated heterocycles. The third-order valence-corrected chi connectivity index (χ3v) is 1.95. The van der Waals surface area contributed by atoms with Crippen molar-refractivity contribution in [3.8, 4) is 0 Å². The van der Waals surface area contributed by atoms with Crippen molar-refractivity contribution in [1.82, 2.24) is 9.55 Å². The van der Waals surface area contributed by atoms with Crippen LogP contribution in [0.25, 0.3) is 11.0 Å². The fraction of sp³-hybridized carbons (Fsp3) is 0.111. The van der Waals surface area contributed by atoms with E-state index in [2.05, 4.69) is 4.98 Å². The van der Waals surface area contributed by atoms with E-state index in [4.69, 9.17) is 0 Å². The Labute approximate surface area is 73.8 Å². The first kappa shape index (κ1) is 7.91. The Morgan fingerprint density at radius 3 is 3.08 bits per heavy atom. The number of aromatic nitrogens is 2. The van der Waals surface area contributed by atoms with Gasteiger partial charge in [-0.05, 0) is 0 Å². The zero-order chi connectivity index (χ0) is 9.42. The minimum Gasteiger partial charge on any atom is -0.348 e. The number of aldehydes is 1. The van der Waals surface area contributed by atoms with E-state index in [0.29, 0.717) is 22.9 Å². The lowest BCUT2D eigenvalue weighted by Gasteiger charge is -1.93. The van der Waals surface area contributed by atoms with Gasteiger partial charge in [0.1, 0.15) is 5.82 Å². The Morgan fingerprint density at radius 2 is 2.38 bits per heavy atom. The lowest BCUT2D eigenvalue weighted by atomic mass is 10.3. The number of hydrogen-bond acceptors (Lipinski definition) is 2. The van der Waals surface area contributed by atoms with Gasteiger partial charge in [0, 0.05) is 19.3 Å². The van der Waals surface area contributed by atoms with Gasteiger partial charge in [0.05, 0.1) is 22.8 Å². The van der Waals surface area contributed by atoms with Crippen molar-refractivity contribution in [2.75, 3.05) is 0 Å². The van der Waals surface area contributed by atoms with Gasteiger partial charge < -0.3 is 4.57 Å². The van der Waals surface area contributed by atoms with Gasteiger partial charge in [0.25, 0.3) is 0 Å². The van der Waals surface area contributed by atoms with Crippen molar-refractivity contribution >= 4 is 17.3 Å². The molecule has 0 spiro atoms. The molecule has 0 bridgehead atoms. The summed E-state index contributed by atoms with van der Waals surface area (Å²) in [6.07, 6.45) is 3.45. The molecule has 0 aliphatic heterocycles. The Kier molecular flexibility index (Phi) is 1.62. The molecular formula is C9H7FN2O. The summed E-state index contributed by atoms with van der Waals surface area (Å²) in [5.74, 6) is -0.397. The molecule has 2 aromatic heterocycles. The van der Waals surface area contributed by atoms with Gasteiger partial charge in [-0.25, -0.2) is 4.39 Å². The summed E-state index contributed by atoms with van der Waals surface area (Å²) in [4.78, 5) is 14.4. The molecule has 2 rings (SSSR count). The first-order valence-electron chi connectivity index (χ1n) is 3.78. The molecule has 2 aromatic rings. The third kappa shape index (κ3) is 1.11. The molecule has 0 N–H and O–H groups in total. The van der Waals surface area contributed by atoms with Crippen LogP contribution < -0.4 is 0 Å². The zero-order valence-corrected chi connectivity index (χ0v) is 6.99. The van der Waals surface area contributed by atoms with E-state index in [1.54, 1.807) is 17.8 Å². The number of carbonyl (C=O) groups excluding carboxylic acids is 1. The van der Waals surface area contributed by atoms with E-state index in [0.717, 1.165) is 6.20 Å². The predicted molar refractivity (Wildman–Crippen MR) is 46.1 cm³/mol. The topological polar surface area (TPSA) is 34.9 Å². The molecule has 0 unspecified atom stereocenters. The Morgan fingerprint density at radius 1 is 1.62 bits per heavy atom. The summed E-state index contributed by atoms with van der Waals surface area (Å²) in [6, 6.07) is 1.36. The summed E-state index contributed by atoms with van der Waals surface area (Å²) >= 11 is 0. The second kappa shape index (κ2) is 2.65. The van der Waals surface area contributed by atoms with E-state index in [1.165, 1.54) is 6.07 Å². The van der Waals surface area contributed by atoms with E-state index < -0.39 is 5.82 Å². The van der Waals surface area contributed by atoms with Crippen molar-refractivity contribution in [2.45, 2.75) is 0 Å². The molecule has 13 heavy (non-hydrogen) atoms. The lowest BCUT2D eigenvalue weighted by molar-refractivity contribution is 0.112. The van der Waals surface area contributed by atoms with Gasteiger partial charge in [0.15, 0.2) is 6.29 Å². The quantitative estimate of drug-likeness (QED) is 0.620. The minimum atomic E-state index is -0.397. The first-order valence-corrected chi connectivity index (χ1v) is 3.78. The van der Waals surface area contributed by atoms with E-state index in [-0.39, 0.29) is 0 Å². The van der Waals surface area contributed by atoms with Crippen molar-refractivity contribution in [1.29, 1.82) is 0 Å². The summed E-state index contributed by atoms with van der Waals surface area (Å²) in [6.45, 7) is 0. The van der Waals surface area contributed by atoms with Crippen LogP contribution in [0.5, 0.6) is 0 Å². The number of pyridine rings is 1. The number of halogens is 1. The van der Waals surface area contributed by atoms with Crippen molar-refractivity contribution < 1.29 is 9.18 Å². The maximum atomic E-state index is 12.8. The van der Waals surface area contributed by atoms with Crippen LogP contribution in [-0.4, -0.2) is 15.8 Å². The molecule has 2 heterocycles. The van der Waals surface area contributed by atoms with Crippen LogP contribution >= 0.6 is 0 Å². The van der Waals surface area contributed by atoms with Crippen LogP contribution in [0.1, 0.15) is 10.4 Å². The number of hydrogen-bond donors (Lipinski definition) is 0. The Balaban J connectivity index is 2.88. The van der Waals surface area contributed by atoms with Crippen molar-refractivity contribution in [3.63, 3.8) is 0 Å². The van der Waals surface area contributed by atoms with E-state index in [9.17, 15) is 9.18 Å². The maximum absolute atomic E-state index is 12.8. The summed E-state index contributed by atoms with van der Waals surface area (Å²) < 4.78 is 14.4. The SMILES string of the molecule is Cn1cc(C=O)c2ncc(F)cc21. The number of rotatable bonds is 1. The van der Waals surface area contributed by atoms with Crippen LogP contribution in [0.4, 0.5) is 4.39 Å². The second-order valence-corrected chi connectivity index (χ2v) is 2.83. The van der Waals surface area contributed by atoms with Gasteiger partial charge in [-0.3, -0.25) is 9.78 Å². The molecule has 66 valence electrons. The number of aryl methyl sites for hydroxylation is 1. The highest BCUT2D eigenvalue weighted by atomic mass is 19.1. The fourth-order valence-electron chi connectivity index (χ4n) is 1.35. The van der Waals surface area contributed by atoms with Crippen LogP contribution in [0.15, 0.2) is 18.5 Å². The molecule has 0 aliphatic rings. The zero-order valence-electron chi connectivity index (χ0n) is 6.99. The van der Waals surface area contributed by atoms with Crippen molar-refractivity contribution in [2.24, 2.45) is 7.05 Å². The predicted octanol–water partition coefficient (Wildman–Crippen LogP) is 1.52. The molecule has 0 radical (unpaired) electrons. The van der Waals surface area contributed by atoms with Crippen LogP contribution in [0.3, 0.4) is 0 Å². The summed E-state index contributed by atoms with van der Waals surface area (Å²) in [5, 5.41) is 0. The molecule has 0 aromatic carbocycles. The molecule has 0 aliphatic carbocycles. The van der Waals surface area contributed by atoms with Gasteiger partial charge >= 0.3 is 0 Å². The van der Waals surface area contributed by atoms with E-state index >= 15 is 0 Å². The number of nitrogens with zero attached hydrogens (tertiary/aromatic N) is 2. The molecule has 0 atom stereocenters. The van der Waals surface area contributed by atoms with Crippen LogP contribution in [-0.2, 0) is 7.05 Å². The molecule has 0 fully saturated rings. The van der Waals surface area contributed by atoms with Crippen molar-refractivity contribution in [3.05, 3.63) is 29.8 Å². The van der Waals surface area contributed by atoms with Gasteiger partial charge in [-0.2, -0.15) is 0 Å². The average molecular weight is 178 g/mol. The molecule has 3 nitrogen and oxygen atoms in total. The van der Waals surface area contributed by atoms with Gasteiger partial charge in [-0.15, -0.1) is 0 Å². The fourth-order valence-corrected chi connectivity index (χ4v) is 1.35. The van der Waals surface area contributed by atoms with Gasteiger partial charge in [0.2, 0.25) is 0 Å². The highest BCUT2D eigenvalue weighted by Crippen LogP contribution is 2.17. The third-order valence-electron chi connectivity index (χ3n) is 1.95. The molecule has 0 amide bonds. The minimum absolute atomic E-state index is 0.397. The average Bonchev–Trinajstić information content (AvgIpc) is 2.43. The monoisotopic (exact) mass is 178 g/mol. The lowest BCUT2D eigenvalue weighted by Crippen LogP contribution is -1.86. The van der Waals surface area contributed by atoms with Crippen LogP contribution in [0, 0.1) is 5.82 Å². The van der Waals surface area contributed by atoms with Gasteiger partial charge in [-0.1, -0.05) is 0 Å². The summed E-state index contributed by atoms with van der Waals surface area (Å²) in [5.41, 5.74) is 1.65. The highest BCUT2D eigenvalue weighted by molar-refractivity contribution is 5.94. The largest absolute Gasteiger partial charge is 0.348 e. The molecular weight excluding hydrogens is 171 g/mol. The Hall–Kier alpha value is -1.71. The summed E-state index contributed by atoms with van der Waals surface area (Å²) in [7, 11) is 1.75. The highest BCUT2D eigenvalue weighted by Gasteiger charge is 2.07. The normalized spacial score (nSPS) is 10.6. The number of fused-ring (bicyclic) bond motifs is 1. The van der Waals surface area contributed by atoms with E-state index in [1.807, 2.05) is 0 Å². The maximum Gasteiger partial charge on any atom is 0.153 e. The number of carbonyl (C=O) groups is 1. The molecule has 0 saturated carbocycles. The Bertz CT molecular complexity index is 476. The smallest absolute Gasteiger partial charge is 0.153 e. The molecule has 4 heteroatoms.